The van der Waals surface area contributed by atoms with Crippen LogP contribution in [0, 0.1) is 6.92 Å². The van der Waals surface area contributed by atoms with E-state index in [1.165, 1.54) is 19.1 Å². The fourth-order valence-electron chi connectivity index (χ4n) is 5.56. The number of hydrogen-bond donors (Lipinski definition) is 3. The smallest absolute Gasteiger partial charge is 0.387 e. The molecule has 0 unspecified atom stereocenters. The highest BCUT2D eigenvalue weighted by atomic mass is 19.3. The number of hydrogen-bond acceptors (Lipinski definition) is 8. The highest BCUT2D eigenvalue weighted by Gasteiger charge is 2.28. The van der Waals surface area contributed by atoms with Gasteiger partial charge >= 0.3 is 6.61 Å². The number of rotatable bonds is 12. The van der Waals surface area contributed by atoms with Gasteiger partial charge in [-0.25, -0.2) is 9.97 Å². The second kappa shape index (κ2) is 15.0. The number of carbonyl (C=O) groups is 3. The van der Waals surface area contributed by atoms with Gasteiger partial charge in [-0.3, -0.25) is 18.8 Å². The molecule has 5 rings (SSSR count). The summed E-state index contributed by atoms with van der Waals surface area (Å²) in [4.78, 5) is 49.7. The summed E-state index contributed by atoms with van der Waals surface area (Å²) in [6.45, 7) is 2.66. The van der Waals surface area contributed by atoms with E-state index in [2.05, 4.69) is 25.3 Å². The first-order chi connectivity index (χ1) is 22.6. The summed E-state index contributed by atoms with van der Waals surface area (Å²) in [5, 5.41) is 6.02. The van der Waals surface area contributed by atoms with Crippen LogP contribution in [0.15, 0.2) is 61.1 Å². The Morgan fingerprint density at radius 2 is 1.72 bits per heavy atom. The van der Waals surface area contributed by atoms with Crippen LogP contribution in [0.4, 0.5) is 20.3 Å². The van der Waals surface area contributed by atoms with Gasteiger partial charge < -0.3 is 30.9 Å². The molecule has 1 aliphatic heterocycles. The zero-order valence-electron chi connectivity index (χ0n) is 26.3. The maximum atomic E-state index is 13.4. The number of amides is 3. The summed E-state index contributed by atoms with van der Waals surface area (Å²) in [5.74, 6) is 0.271. The van der Waals surface area contributed by atoms with Crippen LogP contribution < -0.4 is 21.1 Å². The number of aryl methyl sites for hydroxylation is 1. The van der Waals surface area contributed by atoms with Gasteiger partial charge in [0.2, 0.25) is 11.8 Å². The number of nitrogens with two attached hydrogens (primary N) is 1. The van der Waals surface area contributed by atoms with Gasteiger partial charge in [0, 0.05) is 68.9 Å². The highest BCUT2D eigenvalue weighted by Crippen LogP contribution is 2.28. The number of fused-ring (bicyclic) bond motifs is 1. The Morgan fingerprint density at radius 1 is 1.00 bits per heavy atom. The van der Waals surface area contributed by atoms with Crippen LogP contribution in [-0.2, 0) is 9.59 Å². The lowest BCUT2D eigenvalue weighted by Crippen LogP contribution is -2.54. The molecule has 0 saturated carbocycles. The van der Waals surface area contributed by atoms with Crippen molar-refractivity contribution in [1.82, 2.24) is 29.5 Å². The van der Waals surface area contributed by atoms with E-state index in [0.717, 1.165) is 35.3 Å². The van der Waals surface area contributed by atoms with Gasteiger partial charge in [0.1, 0.15) is 5.75 Å². The first kappa shape index (κ1) is 33.3. The van der Waals surface area contributed by atoms with Crippen molar-refractivity contribution in [1.29, 1.82) is 0 Å². The number of nitrogens with one attached hydrogen (secondary N) is 2. The Labute approximate surface area is 270 Å². The minimum Gasteiger partial charge on any atom is -0.435 e. The van der Waals surface area contributed by atoms with Crippen molar-refractivity contribution in [3.63, 3.8) is 0 Å². The van der Waals surface area contributed by atoms with Gasteiger partial charge in [-0.2, -0.15) is 8.78 Å². The van der Waals surface area contributed by atoms with Crippen LogP contribution in [0.3, 0.4) is 0 Å². The molecule has 0 aliphatic carbocycles. The van der Waals surface area contributed by atoms with Crippen molar-refractivity contribution in [3.05, 3.63) is 72.2 Å². The number of piperazine rings is 1. The third-order valence-electron chi connectivity index (χ3n) is 8.03. The average Bonchev–Trinajstić information content (AvgIpc) is 3.49. The van der Waals surface area contributed by atoms with Crippen LogP contribution in [0.2, 0.25) is 0 Å². The first-order valence-corrected chi connectivity index (χ1v) is 15.4. The van der Waals surface area contributed by atoms with Gasteiger partial charge in [0.15, 0.2) is 11.5 Å². The summed E-state index contributed by atoms with van der Waals surface area (Å²) in [6.07, 6.45) is 7.10. The quantitative estimate of drug-likeness (QED) is 0.196. The largest absolute Gasteiger partial charge is 0.435 e. The lowest BCUT2D eigenvalue weighted by atomic mass is 10.1. The molecule has 3 heterocycles. The van der Waals surface area contributed by atoms with Gasteiger partial charge in [0.25, 0.3) is 5.91 Å². The number of ether oxygens (including phenoxy) is 1. The number of unbranched alkanes of at least 4 members (excludes halogenated alkanes) is 1. The lowest BCUT2D eigenvalue weighted by Gasteiger charge is -2.36. The Morgan fingerprint density at radius 3 is 2.40 bits per heavy atom. The minimum atomic E-state index is -2.89. The number of halogens is 2. The third-order valence-corrected chi connectivity index (χ3v) is 8.03. The van der Waals surface area contributed by atoms with Gasteiger partial charge in [-0.15, -0.1) is 0 Å². The Bertz CT molecular complexity index is 1720. The van der Waals surface area contributed by atoms with E-state index >= 15 is 0 Å². The predicted octanol–water partition coefficient (Wildman–Crippen LogP) is 3.97. The molecule has 1 fully saturated rings. The van der Waals surface area contributed by atoms with Gasteiger partial charge in [-0.1, -0.05) is 0 Å². The van der Waals surface area contributed by atoms with Crippen LogP contribution in [0.5, 0.6) is 5.75 Å². The number of alkyl halides is 2. The summed E-state index contributed by atoms with van der Waals surface area (Å²) in [7, 11) is 0. The molecule has 1 aliphatic rings. The van der Waals surface area contributed by atoms with Crippen molar-refractivity contribution in [2.24, 2.45) is 5.73 Å². The maximum absolute atomic E-state index is 13.4. The third kappa shape index (κ3) is 8.19. The van der Waals surface area contributed by atoms with Crippen molar-refractivity contribution >= 4 is 34.9 Å². The fraction of sp³-hybridized carbons (Fsp3) is 0.364. The number of nitrogens with zero attached hydrogens (tertiary/aromatic N) is 5. The molecule has 0 radical (unpaired) electrons. The molecule has 0 bridgehead atoms. The number of carbonyl (C=O) groups excluding carboxylic acids is 3. The second-order valence-electron chi connectivity index (χ2n) is 11.4. The van der Waals surface area contributed by atoms with E-state index in [9.17, 15) is 23.2 Å². The monoisotopic (exact) mass is 648 g/mol. The Hall–Kier alpha value is -5.11. The van der Waals surface area contributed by atoms with Gasteiger partial charge in [-0.05, 0) is 74.2 Å². The van der Waals surface area contributed by atoms with Crippen molar-refractivity contribution < 1.29 is 27.9 Å². The van der Waals surface area contributed by atoms with E-state index in [1.807, 2.05) is 23.5 Å². The van der Waals surface area contributed by atoms with Crippen LogP contribution >= 0.6 is 0 Å². The van der Waals surface area contributed by atoms with Crippen molar-refractivity contribution in [2.75, 3.05) is 38.0 Å². The zero-order valence-corrected chi connectivity index (χ0v) is 26.3. The van der Waals surface area contributed by atoms with E-state index in [0.29, 0.717) is 56.2 Å². The molecule has 0 spiro atoms. The van der Waals surface area contributed by atoms with Crippen molar-refractivity contribution in [2.45, 2.75) is 45.8 Å². The normalized spacial score (nSPS) is 13.9. The fourth-order valence-corrected chi connectivity index (χ4v) is 5.56. The minimum absolute atomic E-state index is 0.0693. The predicted molar refractivity (Wildman–Crippen MR) is 173 cm³/mol. The highest BCUT2D eigenvalue weighted by molar-refractivity contribution is 5.96. The summed E-state index contributed by atoms with van der Waals surface area (Å²) in [5.41, 5.74) is 10.3. The maximum Gasteiger partial charge on any atom is 0.387 e. The molecule has 4 N–H and O–H groups in total. The van der Waals surface area contributed by atoms with Crippen LogP contribution in [0.1, 0.15) is 42.1 Å². The molecule has 248 valence electrons. The van der Waals surface area contributed by atoms with Crippen LogP contribution in [0.25, 0.3) is 16.9 Å². The number of imidazole rings is 1. The molecular formula is C33H38F2N8O4. The number of benzene rings is 2. The molecular weight excluding hydrogens is 610 g/mol. The summed E-state index contributed by atoms with van der Waals surface area (Å²) < 4.78 is 31.3. The van der Waals surface area contributed by atoms with E-state index < -0.39 is 12.7 Å². The zero-order chi connectivity index (χ0) is 33.5. The lowest BCUT2D eigenvalue weighted by molar-refractivity contribution is -0.134. The summed E-state index contributed by atoms with van der Waals surface area (Å²) >= 11 is 0. The first-order valence-electron chi connectivity index (χ1n) is 15.4. The number of aromatic nitrogens is 3. The standard InChI is InChI=1S/C33H38F2N8O4/c1-21-19-24(40-29-30-39-20-28(43(30)14-13-38-29)23-6-9-25(10-7-23)47-33(34)35)8-11-26(21)31(45)41-15-17-42(18-16-41)32(46)27(36)5-3-4-12-37-22(2)44/h6-11,13-14,19-20,27,33H,3-5,12,15-18,36H2,1-2H3,(H,37,44)(H,38,40)/t27-/m0/s1. The molecule has 2 aromatic carbocycles. The van der Waals surface area contributed by atoms with Gasteiger partial charge in [0.05, 0.1) is 17.9 Å². The second-order valence-corrected chi connectivity index (χ2v) is 11.4. The molecule has 47 heavy (non-hydrogen) atoms. The van der Waals surface area contributed by atoms with Crippen LogP contribution in [-0.4, -0.2) is 87.3 Å². The molecule has 4 aromatic rings. The topological polar surface area (TPSA) is 147 Å². The molecule has 1 saturated heterocycles. The molecule has 1 atom stereocenters. The van der Waals surface area contributed by atoms with E-state index in [4.69, 9.17) is 5.73 Å². The summed E-state index contributed by atoms with van der Waals surface area (Å²) in [6, 6.07) is 11.2. The average molecular weight is 649 g/mol. The molecule has 2 aromatic heterocycles. The Kier molecular flexibility index (Phi) is 10.6. The van der Waals surface area contributed by atoms with E-state index in [1.54, 1.807) is 46.6 Å². The number of anilines is 2. The molecule has 12 nitrogen and oxygen atoms in total. The SMILES string of the molecule is CC(=O)NCCCC[C@H](N)C(=O)N1CCN(C(=O)c2ccc(Nc3nccn4c(-c5ccc(OC(F)F)cc5)cnc34)cc2C)CC1. The van der Waals surface area contributed by atoms with Crippen molar-refractivity contribution in [3.8, 4) is 17.0 Å². The molecule has 14 heteroatoms. The molecule has 3 amide bonds. The van der Waals surface area contributed by atoms with E-state index in [-0.39, 0.29) is 23.5 Å². The Balaban J connectivity index is 1.18.